The fraction of sp³-hybridized carbons (Fsp3) is 0.381. The molecule has 5 nitrogen and oxygen atoms in total. The molecule has 0 fully saturated rings. The Hall–Kier alpha value is -2.05. The number of rotatable bonds is 5. The maximum absolute atomic E-state index is 13.3. The number of hydrogen-bond donors (Lipinski definition) is 0. The van der Waals surface area contributed by atoms with Crippen LogP contribution in [-0.4, -0.2) is 38.1 Å². The average molecular weight is 421 g/mol. The first-order valence-electron chi connectivity index (χ1n) is 9.33. The van der Waals surface area contributed by atoms with Gasteiger partial charge in [-0.2, -0.15) is 0 Å². The molecular formula is C21H25ClN2O3S. The molecule has 2 aromatic carbocycles. The van der Waals surface area contributed by atoms with Gasteiger partial charge in [-0.15, -0.1) is 0 Å². The first-order chi connectivity index (χ1) is 13.2. The van der Waals surface area contributed by atoms with Crippen molar-refractivity contribution in [3.63, 3.8) is 0 Å². The lowest BCUT2D eigenvalue weighted by molar-refractivity contribution is -0.133. The quantitative estimate of drug-likeness (QED) is 0.739. The van der Waals surface area contributed by atoms with Crippen LogP contribution in [0.25, 0.3) is 0 Å². The van der Waals surface area contributed by atoms with Crippen molar-refractivity contribution in [2.45, 2.75) is 39.3 Å². The van der Waals surface area contributed by atoms with Gasteiger partial charge in [-0.05, 0) is 48.6 Å². The molecule has 0 spiro atoms. The van der Waals surface area contributed by atoms with Gasteiger partial charge in [0.25, 0.3) is 0 Å². The minimum absolute atomic E-state index is 0.181. The van der Waals surface area contributed by atoms with Gasteiger partial charge >= 0.3 is 0 Å². The molecule has 2 aromatic rings. The van der Waals surface area contributed by atoms with Crippen LogP contribution in [0.3, 0.4) is 0 Å². The topological polar surface area (TPSA) is 57.7 Å². The molecule has 0 aromatic heterocycles. The smallest absolute Gasteiger partial charge is 0.246 e. The van der Waals surface area contributed by atoms with Crippen LogP contribution in [0, 0.1) is 6.92 Å². The van der Waals surface area contributed by atoms with Gasteiger partial charge in [0.05, 0.1) is 11.9 Å². The molecule has 0 saturated heterocycles. The predicted molar refractivity (Wildman–Crippen MR) is 113 cm³/mol. The van der Waals surface area contributed by atoms with Gasteiger partial charge < -0.3 is 4.90 Å². The van der Waals surface area contributed by atoms with Crippen LogP contribution >= 0.6 is 11.6 Å². The number of hydrogen-bond acceptors (Lipinski definition) is 3. The van der Waals surface area contributed by atoms with E-state index in [0.29, 0.717) is 30.2 Å². The third-order valence-corrected chi connectivity index (χ3v) is 6.75. The zero-order valence-corrected chi connectivity index (χ0v) is 17.9. The maximum atomic E-state index is 13.3. The van der Waals surface area contributed by atoms with Gasteiger partial charge in [0.15, 0.2) is 0 Å². The molecule has 1 unspecified atom stereocenters. The van der Waals surface area contributed by atoms with Crippen molar-refractivity contribution in [3.05, 3.63) is 64.2 Å². The molecule has 1 aliphatic rings. The molecule has 28 heavy (non-hydrogen) atoms. The first-order valence-corrected chi connectivity index (χ1v) is 11.6. The molecular weight excluding hydrogens is 396 g/mol. The SMILES string of the molecule is CCC(C(=O)N1CCc2ccccc2C1)N(c1ccc(C)c(Cl)c1)S(C)(=O)=O. The molecule has 0 N–H and O–H groups in total. The van der Waals surface area contributed by atoms with Gasteiger partial charge in [-0.1, -0.05) is 48.9 Å². The van der Waals surface area contributed by atoms with Crippen molar-refractivity contribution in [2.24, 2.45) is 0 Å². The highest BCUT2D eigenvalue weighted by atomic mass is 35.5. The number of carbonyl (C=O) groups is 1. The van der Waals surface area contributed by atoms with Crippen molar-refractivity contribution in [1.29, 1.82) is 0 Å². The second-order valence-electron chi connectivity index (χ2n) is 7.19. The van der Waals surface area contributed by atoms with Gasteiger partial charge in [-0.3, -0.25) is 9.10 Å². The zero-order valence-electron chi connectivity index (χ0n) is 16.4. The van der Waals surface area contributed by atoms with Gasteiger partial charge in [-0.25, -0.2) is 8.42 Å². The second kappa shape index (κ2) is 8.13. The molecule has 0 aliphatic carbocycles. The summed E-state index contributed by atoms with van der Waals surface area (Å²) in [6, 6.07) is 12.3. The third kappa shape index (κ3) is 4.18. The summed E-state index contributed by atoms with van der Waals surface area (Å²) in [6.45, 7) is 4.76. The van der Waals surface area contributed by atoms with Gasteiger partial charge in [0.2, 0.25) is 15.9 Å². The summed E-state index contributed by atoms with van der Waals surface area (Å²) in [5, 5.41) is 0.473. The van der Waals surface area contributed by atoms with E-state index < -0.39 is 16.1 Å². The van der Waals surface area contributed by atoms with E-state index in [2.05, 4.69) is 6.07 Å². The van der Waals surface area contributed by atoms with Crippen molar-refractivity contribution >= 4 is 33.2 Å². The highest BCUT2D eigenvalue weighted by Gasteiger charge is 2.35. The van der Waals surface area contributed by atoms with Crippen LogP contribution in [0.15, 0.2) is 42.5 Å². The van der Waals surface area contributed by atoms with E-state index in [9.17, 15) is 13.2 Å². The fourth-order valence-electron chi connectivity index (χ4n) is 3.66. The normalized spacial score (nSPS) is 15.1. The van der Waals surface area contributed by atoms with Crippen molar-refractivity contribution < 1.29 is 13.2 Å². The van der Waals surface area contributed by atoms with E-state index in [1.54, 1.807) is 23.1 Å². The van der Waals surface area contributed by atoms with E-state index in [1.807, 2.05) is 32.0 Å². The number of anilines is 1. The van der Waals surface area contributed by atoms with E-state index >= 15 is 0 Å². The van der Waals surface area contributed by atoms with E-state index in [1.165, 1.54) is 9.87 Å². The number of sulfonamides is 1. The largest absolute Gasteiger partial charge is 0.336 e. The number of amides is 1. The summed E-state index contributed by atoms with van der Waals surface area (Å²) in [4.78, 5) is 15.1. The first kappa shape index (κ1) is 20.7. The summed E-state index contributed by atoms with van der Waals surface area (Å²) >= 11 is 6.22. The molecule has 1 heterocycles. The summed E-state index contributed by atoms with van der Waals surface area (Å²) in [7, 11) is -3.68. The van der Waals surface area contributed by atoms with Gasteiger partial charge in [0.1, 0.15) is 6.04 Å². The molecule has 1 amide bonds. The number of carbonyl (C=O) groups excluding carboxylic acids is 1. The average Bonchev–Trinajstić information content (AvgIpc) is 2.66. The Kier molecular flexibility index (Phi) is 6.01. The fourth-order valence-corrected chi connectivity index (χ4v) is 5.03. The Morgan fingerprint density at radius 3 is 2.50 bits per heavy atom. The Morgan fingerprint density at radius 2 is 1.89 bits per heavy atom. The van der Waals surface area contributed by atoms with E-state index in [4.69, 9.17) is 11.6 Å². The Bertz CT molecular complexity index is 991. The predicted octanol–water partition coefficient (Wildman–Crippen LogP) is 3.78. The number of nitrogens with zero attached hydrogens (tertiary/aromatic N) is 2. The van der Waals surface area contributed by atoms with Crippen LogP contribution < -0.4 is 4.31 Å². The van der Waals surface area contributed by atoms with Crippen LogP contribution in [0.5, 0.6) is 0 Å². The molecule has 0 bridgehead atoms. The molecule has 150 valence electrons. The van der Waals surface area contributed by atoms with E-state index in [-0.39, 0.29) is 5.91 Å². The minimum atomic E-state index is -3.68. The molecule has 1 atom stereocenters. The number of benzene rings is 2. The molecule has 1 aliphatic heterocycles. The standard InChI is InChI=1S/C21H25ClN2O3S/c1-4-20(21(25)23-12-11-16-7-5-6-8-17(16)14-23)24(28(3,26)27)18-10-9-15(2)19(22)13-18/h5-10,13,20H,4,11-12,14H2,1-3H3. The number of fused-ring (bicyclic) bond motifs is 1. The molecule has 0 radical (unpaired) electrons. The molecule has 3 rings (SSSR count). The monoisotopic (exact) mass is 420 g/mol. The minimum Gasteiger partial charge on any atom is -0.336 e. The lowest BCUT2D eigenvalue weighted by Crippen LogP contribution is -2.51. The molecule has 0 saturated carbocycles. The van der Waals surface area contributed by atoms with Crippen LogP contribution in [0.2, 0.25) is 5.02 Å². The van der Waals surface area contributed by atoms with Crippen LogP contribution in [0.1, 0.15) is 30.0 Å². The number of aryl methyl sites for hydroxylation is 1. The van der Waals surface area contributed by atoms with Crippen molar-refractivity contribution in [1.82, 2.24) is 4.90 Å². The lowest BCUT2D eigenvalue weighted by Gasteiger charge is -2.36. The lowest BCUT2D eigenvalue weighted by atomic mass is 9.99. The zero-order chi connectivity index (χ0) is 20.5. The molecule has 7 heteroatoms. The van der Waals surface area contributed by atoms with Crippen molar-refractivity contribution in [2.75, 3.05) is 17.1 Å². The highest BCUT2D eigenvalue weighted by molar-refractivity contribution is 7.92. The van der Waals surface area contributed by atoms with Crippen molar-refractivity contribution in [3.8, 4) is 0 Å². The Morgan fingerprint density at radius 1 is 1.21 bits per heavy atom. The summed E-state index contributed by atoms with van der Waals surface area (Å²) in [5.41, 5.74) is 3.62. The van der Waals surface area contributed by atoms with Crippen LogP contribution in [-0.2, 0) is 27.8 Å². The summed E-state index contributed by atoms with van der Waals surface area (Å²) in [6.07, 6.45) is 2.27. The van der Waals surface area contributed by atoms with Crippen LogP contribution in [0.4, 0.5) is 5.69 Å². The maximum Gasteiger partial charge on any atom is 0.246 e. The second-order valence-corrected chi connectivity index (χ2v) is 9.46. The summed E-state index contributed by atoms with van der Waals surface area (Å²) < 4.78 is 26.5. The van der Waals surface area contributed by atoms with Gasteiger partial charge in [0, 0.05) is 18.1 Å². The third-order valence-electron chi connectivity index (χ3n) is 5.16. The summed E-state index contributed by atoms with van der Waals surface area (Å²) in [5.74, 6) is -0.181. The Labute approximate surface area is 172 Å². The Balaban J connectivity index is 1.94. The highest BCUT2D eigenvalue weighted by Crippen LogP contribution is 2.29. The number of halogens is 1. The van der Waals surface area contributed by atoms with E-state index in [0.717, 1.165) is 23.8 Å².